The second-order valence-corrected chi connectivity index (χ2v) is 3.89. The van der Waals surface area contributed by atoms with Crippen molar-refractivity contribution in [3.05, 3.63) is 63.8 Å². The smallest absolute Gasteiger partial charge is 0.354 e. The highest BCUT2D eigenvalue weighted by atomic mass is 16.7. The lowest BCUT2D eigenvalue weighted by Gasteiger charge is -2.10. The number of aromatic carboxylic acids is 1. The molecule has 6 heteroatoms. The predicted molar refractivity (Wildman–Crippen MR) is 66.9 cm³/mol. The lowest BCUT2D eigenvalue weighted by atomic mass is 10.2. The van der Waals surface area contributed by atoms with Gasteiger partial charge in [-0.15, -0.1) is 4.73 Å². The Bertz CT molecular complexity index is 649. The first-order valence-corrected chi connectivity index (χ1v) is 5.59. The van der Waals surface area contributed by atoms with Gasteiger partial charge in [0.1, 0.15) is 12.4 Å². The summed E-state index contributed by atoms with van der Waals surface area (Å²) in [5, 5.41) is 8.78. The first-order valence-electron chi connectivity index (χ1n) is 5.59. The zero-order valence-corrected chi connectivity index (χ0v) is 10.2. The minimum Gasteiger partial charge on any atom is -0.477 e. The van der Waals surface area contributed by atoms with Crippen LogP contribution < -0.4 is 10.4 Å². The molecule has 0 aliphatic heterocycles. The molecule has 0 atom stereocenters. The second-order valence-electron chi connectivity index (χ2n) is 3.89. The number of hydrogen-bond donors (Lipinski definition) is 1. The van der Waals surface area contributed by atoms with Gasteiger partial charge in [0.2, 0.25) is 0 Å². The normalized spacial score (nSPS) is 10.2. The molecule has 0 amide bonds. The fourth-order valence-electron chi connectivity index (χ4n) is 1.57. The van der Waals surface area contributed by atoms with E-state index in [2.05, 4.69) is 4.98 Å². The van der Waals surface area contributed by atoms with Crippen molar-refractivity contribution in [1.29, 1.82) is 0 Å². The van der Waals surface area contributed by atoms with Gasteiger partial charge in [0.15, 0.2) is 5.69 Å². The van der Waals surface area contributed by atoms with Crippen LogP contribution in [0.25, 0.3) is 0 Å². The van der Waals surface area contributed by atoms with E-state index in [1.165, 1.54) is 6.92 Å². The Labute approximate surface area is 108 Å². The number of carboxylic acids is 1. The van der Waals surface area contributed by atoms with E-state index >= 15 is 0 Å². The van der Waals surface area contributed by atoms with Crippen LogP contribution in [0.15, 0.2) is 41.2 Å². The molecule has 1 aromatic heterocycles. The van der Waals surface area contributed by atoms with Crippen molar-refractivity contribution >= 4 is 5.97 Å². The summed E-state index contributed by atoms with van der Waals surface area (Å²) in [5.41, 5.74) is 0.0546. The molecule has 0 saturated heterocycles. The fraction of sp³-hybridized carbons (Fsp3) is 0.154. The molecule has 0 fully saturated rings. The van der Waals surface area contributed by atoms with E-state index in [1.54, 1.807) is 0 Å². The number of nitrogens with zero attached hydrogens (tertiary/aromatic N) is 2. The summed E-state index contributed by atoms with van der Waals surface area (Å²) < 4.78 is 0.986. The number of benzene rings is 1. The predicted octanol–water partition coefficient (Wildman–Crippen LogP) is 0.879. The topological polar surface area (TPSA) is 81.4 Å². The van der Waals surface area contributed by atoms with Crippen LogP contribution in [0.2, 0.25) is 0 Å². The third-order valence-electron chi connectivity index (χ3n) is 2.46. The molecule has 0 bridgehead atoms. The Balaban J connectivity index is 2.22. The summed E-state index contributed by atoms with van der Waals surface area (Å²) in [6.45, 7) is 1.72. The summed E-state index contributed by atoms with van der Waals surface area (Å²) in [6.07, 6.45) is 0. The number of carbonyl (C=O) groups is 1. The standard InChI is InChI=1S/C13H12N2O4/c1-9-14-11(13(17)18)7-12(16)15(9)19-8-10-5-3-2-4-6-10/h2-7H,8H2,1H3,(H,17,18). The van der Waals surface area contributed by atoms with Gasteiger partial charge < -0.3 is 9.94 Å². The largest absolute Gasteiger partial charge is 0.477 e. The van der Waals surface area contributed by atoms with Gasteiger partial charge in [0, 0.05) is 6.07 Å². The van der Waals surface area contributed by atoms with Crippen LogP contribution in [-0.4, -0.2) is 20.8 Å². The molecule has 19 heavy (non-hydrogen) atoms. The summed E-state index contributed by atoms with van der Waals surface area (Å²) in [4.78, 5) is 31.6. The van der Waals surface area contributed by atoms with Crippen molar-refractivity contribution in [2.24, 2.45) is 0 Å². The van der Waals surface area contributed by atoms with Crippen LogP contribution >= 0.6 is 0 Å². The number of aromatic nitrogens is 2. The maximum atomic E-state index is 11.7. The maximum Gasteiger partial charge on any atom is 0.354 e. The summed E-state index contributed by atoms with van der Waals surface area (Å²) in [7, 11) is 0. The van der Waals surface area contributed by atoms with Gasteiger partial charge in [-0.3, -0.25) is 4.79 Å². The van der Waals surface area contributed by atoms with Gasteiger partial charge in [-0.2, -0.15) is 0 Å². The maximum absolute atomic E-state index is 11.7. The molecule has 6 nitrogen and oxygen atoms in total. The molecule has 0 radical (unpaired) electrons. The Morgan fingerprint density at radius 1 is 1.37 bits per heavy atom. The summed E-state index contributed by atoms with van der Waals surface area (Å²) in [5.74, 6) is -1.05. The first-order chi connectivity index (χ1) is 9.08. The highest BCUT2D eigenvalue weighted by molar-refractivity contribution is 5.85. The van der Waals surface area contributed by atoms with Crippen molar-refractivity contribution in [2.75, 3.05) is 0 Å². The Hall–Kier alpha value is -2.63. The first kappa shape index (κ1) is 12.8. The molecule has 2 aromatic rings. The SMILES string of the molecule is Cc1nc(C(=O)O)cc(=O)n1OCc1ccccc1. The van der Waals surface area contributed by atoms with Crippen molar-refractivity contribution in [3.8, 4) is 0 Å². The highest BCUT2D eigenvalue weighted by Gasteiger charge is 2.11. The van der Waals surface area contributed by atoms with Crippen molar-refractivity contribution < 1.29 is 14.7 Å². The number of aryl methyl sites for hydroxylation is 1. The molecule has 2 rings (SSSR count). The molecule has 0 aliphatic carbocycles. The molecule has 0 saturated carbocycles. The van der Waals surface area contributed by atoms with Crippen LogP contribution in [0.5, 0.6) is 0 Å². The van der Waals surface area contributed by atoms with Crippen molar-refractivity contribution in [3.63, 3.8) is 0 Å². The third kappa shape index (κ3) is 2.98. The lowest BCUT2D eigenvalue weighted by molar-refractivity contribution is 0.0672. The Morgan fingerprint density at radius 2 is 2.05 bits per heavy atom. The van der Waals surface area contributed by atoms with E-state index in [0.29, 0.717) is 0 Å². The van der Waals surface area contributed by atoms with E-state index in [0.717, 1.165) is 16.4 Å². The molecular weight excluding hydrogens is 248 g/mol. The van der Waals surface area contributed by atoms with E-state index in [4.69, 9.17) is 9.94 Å². The van der Waals surface area contributed by atoms with Crippen molar-refractivity contribution in [2.45, 2.75) is 13.5 Å². The molecule has 1 aromatic carbocycles. The lowest BCUT2D eigenvalue weighted by Crippen LogP contribution is -2.30. The molecule has 98 valence electrons. The average molecular weight is 260 g/mol. The average Bonchev–Trinajstić information content (AvgIpc) is 2.38. The number of rotatable bonds is 4. The quantitative estimate of drug-likeness (QED) is 0.882. The van der Waals surface area contributed by atoms with Gasteiger partial charge in [0.05, 0.1) is 0 Å². The van der Waals surface area contributed by atoms with Crippen LogP contribution in [-0.2, 0) is 6.61 Å². The van der Waals surface area contributed by atoms with Crippen LogP contribution in [0.1, 0.15) is 21.9 Å². The molecule has 0 spiro atoms. The van der Waals surface area contributed by atoms with E-state index in [1.807, 2.05) is 30.3 Å². The molecule has 0 unspecified atom stereocenters. The van der Waals surface area contributed by atoms with Gasteiger partial charge in [-0.05, 0) is 12.5 Å². The number of carboxylic acid groups (broad SMARTS) is 1. The molecular formula is C13H12N2O4. The highest BCUT2D eigenvalue weighted by Crippen LogP contribution is 2.00. The Kier molecular flexibility index (Phi) is 3.61. The minimum atomic E-state index is -1.24. The fourth-order valence-corrected chi connectivity index (χ4v) is 1.57. The summed E-state index contributed by atoms with van der Waals surface area (Å²) in [6, 6.07) is 10.3. The van der Waals surface area contributed by atoms with Gasteiger partial charge in [0.25, 0.3) is 5.56 Å². The summed E-state index contributed by atoms with van der Waals surface area (Å²) >= 11 is 0. The molecule has 1 heterocycles. The zero-order valence-electron chi connectivity index (χ0n) is 10.2. The Morgan fingerprint density at radius 3 is 2.63 bits per heavy atom. The molecule has 0 aliphatic rings. The van der Waals surface area contributed by atoms with Crippen LogP contribution in [0.3, 0.4) is 0 Å². The molecule has 1 N–H and O–H groups in total. The van der Waals surface area contributed by atoms with Crippen LogP contribution in [0, 0.1) is 6.92 Å². The van der Waals surface area contributed by atoms with E-state index in [-0.39, 0.29) is 18.1 Å². The van der Waals surface area contributed by atoms with Crippen LogP contribution in [0.4, 0.5) is 0 Å². The zero-order chi connectivity index (χ0) is 13.8. The minimum absolute atomic E-state index is 0.195. The van der Waals surface area contributed by atoms with E-state index in [9.17, 15) is 9.59 Å². The second kappa shape index (κ2) is 5.34. The van der Waals surface area contributed by atoms with Gasteiger partial charge >= 0.3 is 5.97 Å². The van der Waals surface area contributed by atoms with E-state index < -0.39 is 11.5 Å². The number of hydrogen-bond acceptors (Lipinski definition) is 4. The van der Waals surface area contributed by atoms with Gasteiger partial charge in [-0.25, -0.2) is 9.78 Å². The van der Waals surface area contributed by atoms with Gasteiger partial charge in [-0.1, -0.05) is 30.3 Å². The third-order valence-corrected chi connectivity index (χ3v) is 2.46. The van der Waals surface area contributed by atoms with Crippen molar-refractivity contribution in [1.82, 2.24) is 9.71 Å². The monoisotopic (exact) mass is 260 g/mol.